The lowest BCUT2D eigenvalue weighted by atomic mass is 9.72. The number of aliphatic hydroxyl groups is 17. The number of allylic oxidation sites excluding steroid dienone is 1. The maximum atomic E-state index is 12.6. The SMILES string of the molecule is O=C(C=CC1CCC(O)C(O)C1)OC[C@H]1O[C@@H](OC2CC(O)CC3[OH+]C(C4CCC(O)C(O)C4)C(O[C@@H]4O[C@H](CO)[C@@H](O)[C@H](O)[C@H]4O[C@@H]4O[C@H](CO)[C@@H](O)[C@H](O)[C@H]4O)CC23)[C@H](O)[C@@H](O)[C@@H]1O. The molecule has 27 atom stereocenters. The summed E-state index contributed by atoms with van der Waals surface area (Å²) in [5, 5.41) is 159. The van der Waals surface area contributed by atoms with Crippen LogP contribution in [0.2, 0.25) is 0 Å². The van der Waals surface area contributed by atoms with Gasteiger partial charge >= 0.3 is 5.97 Å². The number of aliphatic hydroxyl groups excluding tert-OH is 15. The van der Waals surface area contributed by atoms with E-state index in [1.54, 1.807) is 6.08 Å². The minimum atomic E-state index is -1.93. The van der Waals surface area contributed by atoms with Crippen molar-refractivity contribution in [1.29, 1.82) is 0 Å². The van der Waals surface area contributed by atoms with Gasteiger partial charge in [-0.1, -0.05) is 6.08 Å². The van der Waals surface area contributed by atoms with Gasteiger partial charge in [0.25, 0.3) is 0 Å². The molecule has 4 saturated heterocycles. The highest BCUT2D eigenvalue weighted by atomic mass is 16.8. The maximum absolute atomic E-state index is 12.6. The van der Waals surface area contributed by atoms with E-state index in [1.807, 2.05) is 0 Å². The molecule has 7 rings (SSSR count). The Bertz CT molecular complexity index is 1580. The van der Waals surface area contributed by atoms with Gasteiger partial charge in [-0.3, -0.25) is 0 Å². The van der Waals surface area contributed by atoms with Gasteiger partial charge in [-0.15, -0.1) is 0 Å². The Morgan fingerprint density at radius 3 is 1.74 bits per heavy atom. The van der Waals surface area contributed by atoms with Crippen molar-refractivity contribution in [3.8, 4) is 0 Å². The minimum absolute atomic E-state index is 0.0365. The first-order valence-corrected chi connectivity index (χ1v) is 22.9. The molecule has 4 aliphatic heterocycles. The van der Waals surface area contributed by atoms with E-state index in [4.69, 9.17) is 37.9 Å². The summed E-state index contributed by atoms with van der Waals surface area (Å²) >= 11 is 0. The summed E-state index contributed by atoms with van der Waals surface area (Å²) in [5.41, 5.74) is 0. The van der Waals surface area contributed by atoms with Crippen LogP contribution in [0, 0.1) is 17.8 Å². The van der Waals surface area contributed by atoms with Gasteiger partial charge < -0.3 is 114 Å². The summed E-state index contributed by atoms with van der Waals surface area (Å²) < 4.78 is 46.6. The highest BCUT2D eigenvalue weighted by Crippen LogP contribution is 2.44. The lowest BCUT2D eigenvalue weighted by Gasteiger charge is -2.50. The number of carbonyl (C=O) groups is 1. The molecule has 7 fully saturated rings. The van der Waals surface area contributed by atoms with Gasteiger partial charge in [0.15, 0.2) is 31.1 Å². The smallest absolute Gasteiger partial charge is 0.330 e. The van der Waals surface area contributed by atoms with E-state index < -0.39 is 185 Å². The zero-order valence-electron chi connectivity index (χ0n) is 36.1. The van der Waals surface area contributed by atoms with Gasteiger partial charge in [0.1, 0.15) is 86.0 Å². The van der Waals surface area contributed by atoms with Gasteiger partial charge in [0.2, 0.25) is 0 Å². The molecular formula is C42H69O24+. The molecule has 3 aliphatic carbocycles. The third kappa shape index (κ3) is 11.6. The number of rotatable bonds is 13. The molecule has 0 aromatic heterocycles. The zero-order valence-corrected chi connectivity index (χ0v) is 36.1. The van der Waals surface area contributed by atoms with E-state index in [0.717, 1.165) is 6.08 Å². The summed E-state index contributed by atoms with van der Waals surface area (Å²) in [7, 11) is 0. The van der Waals surface area contributed by atoms with Crippen LogP contribution >= 0.6 is 0 Å². The first-order chi connectivity index (χ1) is 31.4. The Balaban J connectivity index is 1.09. The monoisotopic (exact) mass is 957 g/mol. The molecule has 380 valence electrons. The van der Waals surface area contributed by atoms with Crippen molar-refractivity contribution < 1.29 is 119 Å². The van der Waals surface area contributed by atoms with Crippen molar-refractivity contribution in [1.82, 2.24) is 0 Å². The van der Waals surface area contributed by atoms with E-state index in [2.05, 4.69) is 0 Å². The molecule has 16 N–H and O–H groups in total. The topological polar surface area (TPSA) is 398 Å². The van der Waals surface area contributed by atoms with Crippen LogP contribution in [0.1, 0.15) is 57.8 Å². The highest BCUT2D eigenvalue weighted by Gasteiger charge is 2.58. The second-order valence-corrected chi connectivity index (χ2v) is 19.0. The van der Waals surface area contributed by atoms with Gasteiger partial charge in [-0.05, 0) is 50.9 Å². The normalized spacial score (nSPS) is 51.6. The molecule has 0 aromatic rings. The van der Waals surface area contributed by atoms with Crippen LogP contribution in [-0.4, -0.2) is 254 Å². The Labute approximate surface area is 379 Å². The van der Waals surface area contributed by atoms with E-state index in [0.29, 0.717) is 19.3 Å². The summed E-state index contributed by atoms with van der Waals surface area (Å²) in [6, 6.07) is 0. The average molecular weight is 958 g/mol. The van der Waals surface area contributed by atoms with Crippen molar-refractivity contribution in [2.75, 3.05) is 19.8 Å². The molecule has 12 unspecified atom stereocenters. The second-order valence-electron chi connectivity index (χ2n) is 19.0. The molecule has 0 spiro atoms. The quantitative estimate of drug-likeness (QED) is 0.0463. The molecule has 66 heavy (non-hydrogen) atoms. The van der Waals surface area contributed by atoms with Crippen LogP contribution in [-0.2, 0) is 38.0 Å². The van der Waals surface area contributed by atoms with Crippen molar-refractivity contribution >= 4 is 5.97 Å². The van der Waals surface area contributed by atoms with E-state index in [-0.39, 0.29) is 44.4 Å². The number of ether oxygens (including phenoxy) is 8. The molecule has 0 bridgehead atoms. The number of hydrogen-bond acceptors (Lipinski definition) is 23. The maximum Gasteiger partial charge on any atom is 0.330 e. The van der Waals surface area contributed by atoms with Crippen LogP contribution in [0.25, 0.3) is 0 Å². The predicted molar refractivity (Wildman–Crippen MR) is 215 cm³/mol. The Kier molecular flexibility index (Phi) is 17.9. The van der Waals surface area contributed by atoms with Gasteiger partial charge in [0.05, 0.1) is 55.8 Å². The van der Waals surface area contributed by atoms with Crippen LogP contribution in [0.15, 0.2) is 12.2 Å². The van der Waals surface area contributed by atoms with Crippen LogP contribution in [0.5, 0.6) is 0 Å². The molecule has 0 amide bonds. The van der Waals surface area contributed by atoms with Crippen LogP contribution in [0.3, 0.4) is 0 Å². The standard InChI is InChI=1S/C42H68O24/c43-12-26-30(51)33(54)37(58)41(63-26)66-39-35(56)31(52)27(13-44)64-42(39)62-25-11-18-23(60-38(25)16-3-5-20(47)22(49)8-16)9-17(45)10-24(18)61-40-36(57)34(55)32(53)28(65-40)14-59-29(50)6-2-15-1-4-19(46)21(48)7-15/h2,6,15-28,30-49,51-58H,1,3-5,7-14H2/p+1/t15?,16?,17?,18?,19?,20?,21?,22?,23?,24?,25?,26-,27-,28-,30-,31-,32-,33+,34+,35+,36-,37-,38?,39-,40-,41+,42-/m1/s1. The Hall–Kier alpha value is -1.67. The summed E-state index contributed by atoms with van der Waals surface area (Å²) in [6.45, 7) is -2.17. The number of carbonyl (C=O) groups excluding carboxylic acids is 1. The summed E-state index contributed by atoms with van der Waals surface area (Å²) in [4.78, 5) is 12.6. The summed E-state index contributed by atoms with van der Waals surface area (Å²) in [6.07, 6.45) is -29.4. The number of hydrogen-bond donors (Lipinski definition) is 15. The number of esters is 1. The molecule has 4 heterocycles. The van der Waals surface area contributed by atoms with Gasteiger partial charge in [0, 0.05) is 24.8 Å². The van der Waals surface area contributed by atoms with E-state index in [1.165, 1.54) is 0 Å². The van der Waals surface area contributed by atoms with Crippen LogP contribution in [0.4, 0.5) is 0 Å². The average Bonchev–Trinajstić information content (AvgIpc) is 3.29. The fourth-order valence-electron chi connectivity index (χ4n) is 10.6. The van der Waals surface area contributed by atoms with E-state index >= 15 is 0 Å². The fourth-order valence-corrected chi connectivity index (χ4v) is 10.6. The van der Waals surface area contributed by atoms with Crippen molar-refractivity contribution in [2.24, 2.45) is 17.8 Å². The Morgan fingerprint density at radius 2 is 1.11 bits per heavy atom. The first kappa shape index (κ1) is 52.2. The highest BCUT2D eigenvalue weighted by molar-refractivity contribution is 5.81. The number of fused-ring (bicyclic) bond motifs is 1. The minimum Gasteiger partial charge on any atom is -0.460 e. The molecule has 7 aliphatic rings. The zero-order chi connectivity index (χ0) is 47.7. The Morgan fingerprint density at radius 1 is 0.545 bits per heavy atom. The molecular weight excluding hydrogens is 888 g/mol. The van der Waals surface area contributed by atoms with Gasteiger partial charge in [-0.2, -0.15) is 0 Å². The predicted octanol–water partition coefficient (Wildman–Crippen LogP) is -7.23. The molecule has 0 aromatic carbocycles. The first-order valence-electron chi connectivity index (χ1n) is 22.9. The van der Waals surface area contributed by atoms with Gasteiger partial charge in [-0.25, -0.2) is 4.79 Å². The lowest BCUT2D eigenvalue weighted by molar-refractivity contribution is -0.390. The van der Waals surface area contributed by atoms with Crippen molar-refractivity contribution in [2.45, 2.75) is 205 Å². The van der Waals surface area contributed by atoms with E-state index in [9.17, 15) is 81.4 Å². The fraction of sp³-hybridized carbons (Fsp3) is 0.929. The van der Waals surface area contributed by atoms with Crippen LogP contribution < -0.4 is 0 Å². The molecule has 24 heteroatoms. The third-order valence-electron chi connectivity index (χ3n) is 14.5. The largest absolute Gasteiger partial charge is 0.460 e. The molecule has 24 nitrogen and oxygen atoms in total. The third-order valence-corrected chi connectivity index (χ3v) is 14.5. The van der Waals surface area contributed by atoms with Crippen molar-refractivity contribution in [3.63, 3.8) is 0 Å². The molecule has 0 radical (unpaired) electrons. The lowest BCUT2D eigenvalue weighted by Crippen LogP contribution is -2.66. The van der Waals surface area contributed by atoms with Crippen molar-refractivity contribution in [3.05, 3.63) is 12.2 Å². The second kappa shape index (κ2) is 22.6. The molecule has 3 saturated carbocycles. The summed E-state index contributed by atoms with van der Waals surface area (Å²) in [5.74, 6) is -2.08.